The summed E-state index contributed by atoms with van der Waals surface area (Å²) in [4.78, 5) is 35.7. The first-order valence-corrected chi connectivity index (χ1v) is 7.83. The molecule has 0 aliphatic carbocycles. The molecule has 0 aliphatic heterocycles. The van der Waals surface area contributed by atoms with E-state index < -0.39 is 11.9 Å². The summed E-state index contributed by atoms with van der Waals surface area (Å²) in [5, 5.41) is 5.65. The highest BCUT2D eigenvalue weighted by Gasteiger charge is 2.15. The molecule has 1 atom stereocenters. The minimum absolute atomic E-state index is 0.0118. The predicted molar refractivity (Wildman–Crippen MR) is 92.9 cm³/mol. The van der Waals surface area contributed by atoms with Crippen LogP contribution in [0, 0.1) is 0 Å². The second-order valence-corrected chi connectivity index (χ2v) is 5.45. The second kappa shape index (κ2) is 8.82. The van der Waals surface area contributed by atoms with Crippen LogP contribution in [0.15, 0.2) is 41.0 Å². The van der Waals surface area contributed by atoms with Crippen LogP contribution in [0.2, 0.25) is 0 Å². The fourth-order valence-corrected chi connectivity index (χ4v) is 2.26. The summed E-state index contributed by atoms with van der Waals surface area (Å²) in [7, 11) is 2.46. The van der Waals surface area contributed by atoms with Crippen LogP contribution < -0.4 is 10.6 Å². The summed E-state index contributed by atoms with van der Waals surface area (Å²) in [5.41, 5.74) is 0.538. The molecule has 1 aromatic heterocycles. The summed E-state index contributed by atoms with van der Waals surface area (Å²) < 4.78 is 14.6. The number of methoxy groups -OCH3 is 2. The van der Waals surface area contributed by atoms with E-state index in [0.29, 0.717) is 5.76 Å². The molecule has 0 saturated carbocycles. The Hall–Kier alpha value is -3.13. The van der Waals surface area contributed by atoms with Crippen LogP contribution in [0.3, 0.4) is 0 Å². The minimum atomic E-state index is -0.629. The number of ether oxygens (including phenoxy) is 2. The van der Waals surface area contributed by atoms with E-state index in [1.165, 1.54) is 32.4 Å². The van der Waals surface area contributed by atoms with Gasteiger partial charge in [0, 0.05) is 5.69 Å². The highest BCUT2D eigenvalue weighted by atomic mass is 16.5. The molecule has 2 rings (SSSR count). The first kappa shape index (κ1) is 19.2. The quantitative estimate of drug-likeness (QED) is 0.729. The van der Waals surface area contributed by atoms with Crippen molar-refractivity contribution in [1.29, 1.82) is 0 Å². The van der Waals surface area contributed by atoms with Crippen LogP contribution in [-0.2, 0) is 14.3 Å². The van der Waals surface area contributed by atoms with Crippen molar-refractivity contribution < 1.29 is 28.3 Å². The molecule has 8 heteroatoms. The molecule has 0 bridgehead atoms. The van der Waals surface area contributed by atoms with Gasteiger partial charge < -0.3 is 19.2 Å². The average Bonchev–Trinajstić information content (AvgIpc) is 3.19. The Bertz CT molecular complexity index is 751. The largest absolute Gasteiger partial charge is 0.468 e. The molecule has 0 spiro atoms. The molecule has 138 valence electrons. The molecular weight excluding hydrogens is 340 g/mol. The highest BCUT2D eigenvalue weighted by molar-refractivity contribution is 5.99. The maximum absolute atomic E-state index is 12.2. The number of amides is 1. The van der Waals surface area contributed by atoms with Gasteiger partial charge in [-0.1, -0.05) is 0 Å². The number of hydrogen-bond donors (Lipinski definition) is 2. The number of carbonyl (C=O) groups excluding carboxylic acids is 3. The van der Waals surface area contributed by atoms with E-state index in [9.17, 15) is 14.4 Å². The first-order valence-electron chi connectivity index (χ1n) is 7.83. The van der Waals surface area contributed by atoms with Gasteiger partial charge in [0.1, 0.15) is 5.76 Å². The van der Waals surface area contributed by atoms with Crippen molar-refractivity contribution in [2.24, 2.45) is 0 Å². The molecule has 0 saturated heterocycles. The van der Waals surface area contributed by atoms with Crippen molar-refractivity contribution in [2.75, 3.05) is 26.1 Å². The van der Waals surface area contributed by atoms with E-state index >= 15 is 0 Å². The van der Waals surface area contributed by atoms with Crippen molar-refractivity contribution in [1.82, 2.24) is 5.32 Å². The zero-order chi connectivity index (χ0) is 19.1. The van der Waals surface area contributed by atoms with Crippen molar-refractivity contribution in [3.8, 4) is 0 Å². The van der Waals surface area contributed by atoms with Crippen LogP contribution in [0.25, 0.3) is 0 Å². The number of nitrogens with one attached hydrogen (secondary N) is 2. The van der Waals surface area contributed by atoms with Crippen LogP contribution in [0.5, 0.6) is 0 Å². The van der Waals surface area contributed by atoms with Crippen molar-refractivity contribution in [3.63, 3.8) is 0 Å². The lowest BCUT2D eigenvalue weighted by molar-refractivity contribution is -0.115. The van der Waals surface area contributed by atoms with Gasteiger partial charge >= 0.3 is 11.9 Å². The van der Waals surface area contributed by atoms with Crippen LogP contribution in [-0.4, -0.2) is 38.6 Å². The normalized spacial score (nSPS) is 11.5. The third-order valence-corrected chi connectivity index (χ3v) is 3.60. The smallest absolute Gasteiger partial charge is 0.337 e. The molecule has 2 aromatic rings. The maximum atomic E-state index is 12.2. The Kier molecular flexibility index (Phi) is 6.51. The second-order valence-electron chi connectivity index (χ2n) is 5.45. The van der Waals surface area contributed by atoms with Crippen LogP contribution in [0.4, 0.5) is 5.69 Å². The molecule has 8 nitrogen and oxygen atoms in total. The van der Waals surface area contributed by atoms with Gasteiger partial charge in [-0.05, 0) is 37.3 Å². The van der Waals surface area contributed by atoms with Gasteiger partial charge in [-0.15, -0.1) is 0 Å². The monoisotopic (exact) mass is 360 g/mol. The molecule has 2 N–H and O–H groups in total. The van der Waals surface area contributed by atoms with E-state index in [2.05, 4.69) is 20.1 Å². The number of hydrogen-bond acceptors (Lipinski definition) is 7. The Morgan fingerprint density at radius 1 is 1.08 bits per heavy atom. The maximum Gasteiger partial charge on any atom is 0.337 e. The lowest BCUT2D eigenvalue weighted by atomic mass is 10.1. The van der Waals surface area contributed by atoms with Gasteiger partial charge in [-0.25, -0.2) is 9.59 Å². The average molecular weight is 360 g/mol. The Morgan fingerprint density at radius 3 is 2.19 bits per heavy atom. The number of furan rings is 1. The number of rotatable bonds is 7. The first-order chi connectivity index (χ1) is 12.4. The summed E-state index contributed by atoms with van der Waals surface area (Å²) in [5.74, 6) is -0.897. The Morgan fingerprint density at radius 2 is 1.69 bits per heavy atom. The topological polar surface area (TPSA) is 107 Å². The van der Waals surface area contributed by atoms with Gasteiger partial charge in [-0.3, -0.25) is 10.1 Å². The highest BCUT2D eigenvalue weighted by Crippen LogP contribution is 2.17. The third-order valence-electron chi connectivity index (χ3n) is 3.60. The molecule has 1 aromatic carbocycles. The van der Waals surface area contributed by atoms with Gasteiger partial charge in [0.15, 0.2) is 0 Å². The molecule has 0 radical (unpaired) electrons. The van der Waals surface area contributed by atoms with Gasteiger partial charge in [-0.2, -0.15) is 0 Å². The predicted octanol–water partition coefficient (Wildman–Crippen LogP) is 2.14. The van der Waals surface area contributed by atoms with Crippen molar-refractivity contribution in [2.45, 2.75) is 13.0 Å². The summed E-state index contributed by atoms with van der Waals surface area (Å²) in [6.45, 7) is 1.87. The number of benzene rings is 1. The molecular formula is C18H20N2O6. The molecule has 26 heavy (non-hydrogen) atoms. The molecule has 0 fully saturated rings. The standard InChI is InChI=1S/C18H20N2O6/c1-11(15-5-4-6-26-15)19-10-16(21)20-14-8-12(17(22)24-2)7-13(9-14)18(23)25-3/h4-9,11,19H,10H2,1-3H3,(H,20,21)/t11-/m0/s1. The Balaban J connectivity index is 2.08. The van der Waals surface area contributed by atoms with E-state index in [1.807, 2.05) is 6.92 Å². The summed E-state index contributed by atoms with van der Waals surface area (Å²) in [6, 6.07) is 7.60. The molecule has 0 unspecified atom stereocenters. The van der Waals surface area contributed by atoms with Crippen LogP contribution >= 0.6 is 0 Å². The summed E-state index contributed by atoms with van der Waals surface area (Å²) in [6.07, 6.45) is 1.56. The van der Waals surface area contributed by atoms with E-state index in [1.54, 1.807) is 18.4 Å². The fraction of sp³-hybridized carbons (Fsp3) is 0.278. The van der Waals surface area contributed by atoms with Gasteiger partial charge in [0.25, 0.3) is 0 Å². The number of anilines is 1. The SMILES string of the molecule is COC(=O)c1cc(NC(=O)CN[C@@H](C)c2ccco2)cc(C(=O)OC)c1. The lowest BCUT2D eigenvalue weighted by Gasteiger charge is -2.12. The molecule has 0 aliphatic rings. The van der Waals surface area contributed by atoms with E-state index in [4.69, 9.17) is 4.42 Å². The van der Waals surface area contributed by atoms with Gasteiger partial charge in [0.2, 0.25) is 5.91 Å². The third kappa shape index (κ3) is 4.93. The van der Waals surface area contributed by atoms with Crippen molar-refractivity contribution >= 4 is 23.5 Å². The number of carbonyl (C=O) groups is 3. The zero-order valence-electron chi connectivity index (χ0n) is 14.7. The van der Waals surface area contributed by atoms with Crippen LogP contribution in [0.1, 0.15) is 39.4 Å². The van der Waals surface area contributed by atoms with Crippen molar-refractivity contribution in [3.05, 3.63) is 53.5 Å². The van der Waals surface area contributed by atoms with Gasteiger partial charge in [0.05, 0.1) is 44.2 Å². The number of esters is 2. The minimum Gasteiger partial charge on any atom is -0.468 e. The van der Waals surface area contributed by atoms with E-state index in [-0.39, 0.29) is 35.3 Å². The molecule has 1 amide bonds. The molecule has 1 heterocycles. The lowest BCUT2D eigenvalue weighted by Crippen LogP contribution is -2.30. The fourth-order valence-electron chi connectivity index (χ4n) is 2.26. The summed E-state index contributed by atoms with van der Waals surface area (Å²) >= 11 is 0. The zero-order valence-corrected chi connectivity index (χ0v) is 14.7. The Labute approximate surface area is 150 Å². The van der Waals surface area contributed by atoms with E-state index in [0.717, 1.165) is 0 Å².